The van der Waals surface area contributed by atoms with Crippen LogP contribution in [-0.2, 0) is 16.0 Å². The van der Waals surface area contributed by atoms with E-state index in [-0.39, 0.29) is 18.9 Å². The van der Waals surface area contributed by atoms with E-state index in [1.807, 2.05) is 36.4 Å². The van der Waals surface area contributed by atoms with Crippen molar-refractivity contribution in [1.29, 1.82) is 0 Å². The molecular formula is C28H29NO7. The first kappa shape index (κ1) is 24.9. The first-order chi connectivity index (χ1) is 17.5. The third-order valence-electron chi connectivity index (χ3n) is 6.42. The smallest absolute Gasteiger partial charge is 0.407 e. The minimum atomic E-state index is -1.15. The van der Waals surface area contributed by atoms with Crippen LogP contribution in [0.25, 0.3) is 11.1 Å². The van der Waals surface area contributed by atoms with Crippen LogP contribution in [0.4, 0.5) is 4.79 Å². The number of carboxylic acids is 1. The van der Waals surface area contributed by atoms with Crippen LogP contribution in [0.3, 0.4) is 0 Å². The number of hydrogen-bond donors (Lipinski definition) is 2. The van der Waals surface area contributed by atoms with Gasteiger partial charge in [0.15, 0.2) is 11.5 Å². The van der Waals surface area contributed by atoms with Gasteiger partial charge in [0.05, 0.1) is 21.3 Å². The van der Waals surface area contributed by atoms with E-state index in [2.05, 4.69) is 17.4 Å². The zero-order valence-corrected chi connectivity index (χ0v) is 20.4. The molecule has 0 unspecified atom stereocenters. The summed E-state index contributed by atoms with van der Waals surface area (Å²) in [7, 11) is 4.57. The Bertz CT molecular complexity index is 1210. The van der Waals surface area contributed by atoms with Gasteiger partial charge in [0.2, 0.25) is 0 Å². The van der Waals surface area contributed by atoms with E-state index in [4.69, 9.17) is 18.9 Å². The molecule has 1 amide bonds. The highest BCUT2D eigenvalue weighted by Gasteiger charge is 2.30. The third kappa shape index (κ3) is 5.07. The quantitative estimate of drug-likeness (QED) is 0.426. The molecule has 0 heterocycles. The Morgan fingerprint density at radius 1 is 0.861 bits per heavy atom. The Morgan fingerprint density at radius 2 is 1.42 bits per heavy atom. The molecule has 4 rings (SSSR count). The van der Waals surface area contributed by atoms with Crippen LogP contribution >= 0.6 is 0 Å². The molecule has 0 spiro atoms. The second kappa shape index (κ2) is 11.0. The van der Waals surface area contributed by atoms with E-state index in [0.717, 1.165) is 27.8 Å². The number of aryl methyl sites for hydroxylation is 1. The number of nitrogens with one attached hydrogen (secondary N) is 1. The number of carbonyl (C=O) groups excluding carboxylic acids is 1. The normalized spacial score (nSPS) is 12.8. The highest BCUT2D eigenvalue weighted by molar-refractivity contribution is 5.81. The standard InChI is InChI=1S/C28H29NO7/c1-33-24-15-26(35-3)25(34-2)14-17(24)12-13-23(27(30)31)29-28(32)36-16-22-20-10-6-4-8-18(20)19-9-5-7-11-21(19)22/h4-11,14-15,22-23H,12-13,16H2,1-3H3,(H,29,32)(H,30,31)/t23-/m0/s1. The number of aliphatic carboxylic acids is 1. The lowest BCUT2D eigenvalue weighted by Crippen LogP contribution is -2.41. The molecule has 0 saturated heterocycles. The Kier molecular flexibility index (Phi) is 7.63. The summed E-state index contributed by atoms with van der Waals surface area (Å²) in [5, 5.41) is 12.2. The van der Waals surface area contributed by atoms with E-state index in [0.29, 0.717) is 23.7 Å². The molecule has 188 valence electrons. The Balaban J connectivity index is 1.41. The molecule has 8 nitrogen and oxygen atoms in total. The van der Waals surface area contributed by atoms with Crippen molar-refractivity contribution < 1.29 is 33.6 Å². The molecule has 1 aliphatic rings. The lowest BCUT2D eigenvalue weighted by molar-refractivity contribution is -0.139. The largest absolute Gasteiger partial charge is 0.496 e. The van der Waals surface area contributed by atoms with Gasteiger partial charge in [-0.25, -0.2) is 9.59 Å². The molecule has 2 N–H and O–H groups in total. The lowest BCUT2D eigenvalue weighted by atomic mass is 9.98. The van der Waals surface area contributed by atoms with Gasteiger partial charge in [-0.1, -0.05) is 48.5 Å². The summed E-state index contributed by atoms with van der Waals surface area (Å²) in [6.07, 6.45) is -0.321. The van der Waals surface area contributed by atoms with Gasteiger partial charge in [-0.15, -0.1) is 0 Å². The van der Waals surface area contributed by atoms with Crippen LogP contribution in [0.1, 0.15) is 29.0 Å². The predicted octanol–water partition coefficient (Wildman–Crippen LogP) is 4.64. The lowest BCUT2D eigenvalue weighted by Gasteiger charge is -2.18. The molecule has 1 aliphatic carbocycles. The third-order valence-corrected chi connectivity index (χ3v) is 6.42. The first-order valence-corrected chi connectivity index (χ1v) is 11.6. The molecule has 8 heteroatoms. The summed E-state index contributed by atoms with van der Waals surface area (Å²) in [5.74, 6) is 0.289. The van der Waals surface area contributed by atoms with Crippen molar-refractivity contribution in [2.45, 2.75) is 24.8 Å². The van der Waals surface area contributed by atoms with E-state index in [1.165, 1.54) is 21.3 Å². The second-order valence-electron chi connectivity index (χ2n) is 8.42. The molecule has 3 aromatic carbocycles. The Hall–Kier alpha value is -4.20. The Morgan fingerprint density at radius 3 is 1.97 bits per heavy atom. The van der Waals surface area contributed by atoms with Crippen LogP contribution in [0, 0.1) is 0 Å². The molecule has 36 heavy (non-hydrogen) atoms. The number of methoxy groups -OCH3 is 3. The van der Waals surface area contributed by atoms with Crippen molar-refractivity contribution >= 4 is 12.1 Å². The highest BCUT2D eigenvalue weighted by atomic mass is 16.5. The maximum Gasteiger partial charge on any atom is 0.407 e. The van der Waals surface area contributed by atoms with Crippen LogP contribution in [0.5, 0.6) is 17.2 Å². The van der Waals surface area contributed by atoms with Gasteiger partial charge in [-0.3, -0.25) is 0 Å². The summed E-state index contributed by atoms with van der Waals surface area (Å²) in [6.45, 7) is 0.107. The number of amides is 1. The average molecular weight is 492 g/mol. The molecular weight excluding hydrogens is 462 g/mol. The predicted molar refractivity (Wildman–Crippen MR) is 134 cm³/mol. The van der Waals surface area contributed by atoms with Gasteiger partial charge in [0.25, 0.3) is 0 Å². The van der Waals surface area contributed by atoms with Gasteiger partial charge in [0.1, 0.15) is 18.4 Å². The zero-order valence-electron chi connectivity index (χ0n) is 20.4. The van der Waals surface area contributed by atoms with E-state index >= 15 is 0 Å². The van der Waals surface area contributed by atoms with Gasteiger partial charge >= 0.3 is 12.1 Å². The number of hydrogen-bond acceptors (Lipinski definition) is 6. The summed E-state index contributed by atoms with van der Waals surface area (Å²) < 4.78 is 21.6. The van der Waals surface area contributed by atoms with Crippen LogP contribution < -0.4 is 19.5 Å². The fourth-order valence-corrected chi connectivity index (χ4v) is 4.63. The van der Waals surface area contributed by atoms with Crippen molar-refractivity contribution in [3.63, 3.8) is 0 Å². The number of carboxylic acid groups (broad SMARTS) is 1. The van der Waals surface area contributed by atoms with Crippen molar-refractivity contribution in [3.05, 3.63) is 77.4 Å². The molecule has 3 aromatic rings. The minimum absolute atomic E-state index is 0.107. The van der Waals surface area contributed by atoms with Gasteiger partial charge in [-0.2, -0.15) is 0 Å². The molecule has 0 aliphatic heterocycles. The molecule has 0 aromatic heterocycles. The number of fused-ring (bicyclic) bond motifs is 3. The molecule has 0 fully saturated rings. The number of rotatable bonds is 10. The SMILES string of the molecule is COc1cc(OC)c(OC)cc1CC[C@H](NC(=O)OCC1c2ccccc2-c2ccccc21)C(=O)O. The van der Waals surface area contributed by atoms with Crippen molar-refractivity contribution in [1.82, 2.24) is 5.32 Å². The van der Waals surface area contributed by atoms with Gasteiger partial charge < -0.3 is 29.4 Å². The monoisotopic (exact) mass is 491 g/mol. The average Bonchev–Trinajstić information content (AvgIpc) is 3.22. The zero-order chi connectivity index (χ0) is 25.7. The summed E-state index contributed by atoms with van der Waals surface area (Å²) in [6, 6.07) is 18.3. The maximum absolute atomic E-state index is 12.6. The van der Waals surface area contributed by atoms with Crippen LogP contribution in [-0.4, -0.2) is 51.1 Å². The van der Waals surface area contributed by atoms with Gasteiger partial charge in [-0.05, 0) is 46.7 Å². The van der Waals surface area contributed by atoms with E-state index < -0.39 is 18.1 Å². The number of benzene rings is 3. The van der Waals surface area contributed by atoms with E-state index in [9.17, 15) is 14.7 Å². The summed E-state index contributed by atoms with van der Waals surface area (Å²) in [5.41, 5.74) is 5.14. The summed E-state index contributed by atoms with van der Waals surface area (Å²) >= 11 is 0. The topological polar surface area (TPSA) is 103 Å². The number of carbonyl (C=O) groups is 2. The van der Waals surface area contributed by atoms with Crippen LogP contribution in [0.2, 0.25) is 0 Å². The molecule has 0 saturated carbocycles. The second-order valence-corrected chi connectivity index (χ2v) is 8.42. The summed E-state index contributed by atoms with van der Waals surface area (Å²) in [4.78, 5) is 24.5. The van der Waals surface area contributed by atoms with Gasteiger partial charge in [0, 0.05) is 12.0 Å². The Labute approximate surface area is 209 Å². The number of alkyl carbamates (subject to hydrolysis) is 1. The van der Waals surface area contributed by atoms with Crippen molar-refractivity contribution in [2.24, 2.45) is 0 Å². The van der Waals surface area contributed by atoms with Crippen molar-refractivity contribution in [2.75, 3.05) is 27.9 Å². The highest BCUT2D eigenvalue weighted by Crippen LogP contribution is 2.44. The van der Waals surface area contributed by atoms with E-state index in [1.54, 1.807) is 12.1 Å². The fraction of sp³-hybridized carbons (Fsp3) is 0.286. The molecule has 0 radical (unpaired) electrons. The maximum atomic E-state index is 12.6. The minimum Gasteiger partial charge on any atom is -0.496 e. The fourth-order valence-electron chi connectivity index (χ4n) is 4.63. The number of ether oxygens (including phenoxy) is 4. The van der Waals surface area contributed by atoms with Crippen molar-refractivity contribution in [3.8, 4) is 28.4 Å². The molecule has 0 bridgehead atoms. The molecule has 1 atom stereocenters. The van der Waals surface area contributed by atoms with Crippen LogP contribution in [0.15, 0.2) is 60.7 Å². The first-order valence-electron chi connectivity index (χ1n) is 11.6.